The Morgan fingerprint density at radius 2 is 1.92 bits per heavy atom. The number of allylic oxidation sites excluding steroid dienone is 4. The number of fused-ring (bicyclic) bond motifs is 1. The largest absolute Gasteiger partial charge is 0.385 e. The van der Waals surface area contributed by atoms with Gasteiger partial charge in [-0.05, 0) is 67.3 Å². The van der Waals surface area contributed by atoms with Gasteiger partial charge in [-0.3, -0.25) is 9.59 Å². The summed E-state index contributed by atoms with van der Waals surface area (Å²) in [6.45, 7) is 11.4. The maximum atomic E-state index is 12.6. The van der Waals surface area contributed by atoms with Gasteiger partial charge in [-0.25, -0.2) is 0 Å². The third kappa shape index (κ3) is 2.82. The van der Waals surface area contributed by atoms with E-state index in [2.05, 4.69) is 32.7 Å². The van der Waals surface area contributed by atoms with Crippen molar-refractivity contribution < 1.29 is 9.59 Å². The van der Waals surface area contributed by atoms with E-state index < -0.39 is 0 Å². The van der Waals surface area contributed by atoms with Crippen LogP contribution in [-0.2, 0) is 9.59 Å². The molecule has 0 amide bonds. The lowest BCUT2D eigenvalue weighted by atomic mass is 9.46. The van der Waals surface area contributed by atoms with Crippen LogP contribution in [0.1, 0.15) is 59.3 Å². The van der Waals surface area contributed by atoms with E-state index >= 15 is 0 Å². The molecule has 3 aliphatic rings. The summed E-state index contributed by atoms with van der Waals surface area (Å²) in [4.78, 5) is 24.8. The zero-order chi connectivity index (χ0) is 18.4. The minimum absolute atomic E-state index is 0.0145. The summed E-state index contributed by atoms with van der Waals surface area (Å²) in [5, 5.41) is 2.82. The van der Waals surface area contributed by atoms with Gasteiger partial charge in [0.25, 0.3) is 0 Å². The predicted octanol–water partition coefficient (Wildman–Crippen LogP) is 4.36. The Labute approximate surface area is 151 Å². The van der Waals surface area contributed by atoms with Crippen LogP contribution in [0.25, 0.3) is 0 Å². The minimum atomic E-state index is -0.0834. The fourth-order valence-electron chi connectivity index (χ4n) is 5.61. The van der Waals surface area contributed by atoms with Crippen molar-refractivity contribution in [3.63, 3.8) is 0 Å². The smallest absolute Gasteiger partial charge is 0.202 e. The molecule has 25 heavy (non-hydrogen) atoms. The molecule has 0 aromatic carbocycles. The van der Waals surface area contributed by atoms with Gasteiger partial charge in [0, 0.05) is 18.7 Å². The highest BCUT2D eigenvalue weighted by atomic mass is 16.1. The molecule has 0 spiro atoms. The molecule has 0 aromatic heterocycles. The van der Waals surface area contributed by atoms with Gasteiger partial charge in [-0.2, -0.15) is 0 Å². The molecule has 1 N–H and O–H groups in total. The summed E-state index contributed by atoms with van der Waals surface area (Å²) in [5.74, 6) is 0.970. The number of hydrogen-bond acceptors (Lipinski definition) is 3. The van der Waals surface area contributed by atoms with Gasteiger partial charge in [0.2, 0.25) is 5.78 Å². The SMILES string of the molecule is C=C1CCC[C@H]2[C@](C)(CC3=CC(=O)C(NC)=CC3=O)[C@@H](C)CC[C@@]12C. The molecule has 2 fully saturated rings. The van der Waals surface area contributed by atoms with Crippen molar-refractivity contribution in [1.82, 2.24) is 5.32 Å². The van der Waals surface area contributed by atoms with Crippen LogP contribution in [0, 0.1) is 22.7 Å². The lowest BCUT2D eigenvalue weighted by molar-refractivity contribution is -0.116. The van der Waals surface area contributed by atoms with Crippen LogP contribution in [-0.4, -0.2) is 18.6 Å². The molecule has 0 radical (unpaired) electrons. The number of likely N-dealkylation sites (N-methyl/N-ethyl adjacent to an activating group) is 1. The Kier molecular flexibility index (Phi) is 4.55. The molecule has 4 atom stereocenters. The lowest BCUT2D eigenvalue weighted by Gasteiger charge is -2.59. The molecule has 0 aliphatic heterocycles. The standard InChI is InChI=1S/C22H31NO2/c1-14-7-6-8-20-21(14,3)10-9-15(2)22(20,4)13-16-11-19(25)17(23-5)12-18(16)24/h11-12,15,20,23H,1,6-10,13H2,2-5H3/t15-,20+,21-,22+/m0/s1. The molecular formula is C22H31NO2. The molecule has 3 nitrogen and oxygen atoms in total. The molecule has 0 heterocycles. The number of rotatable bonds is 3. The maximum Gasteiger partial charge on any atom is 0.202 e. The van der Waals surface area contributed by atoms with Gasteiger partial charge in [0.05, 0.1) is 5.70 Å². The second kappa shape index (κ2) is 6.26. The van der Waals surface area contributed by atoms with E-state index in [1.54, 1.807) is 13.1 Å². The summed E-state index contributed by atoms with van der Waals surface area (Å²) >= 11 is 0. The van der Waals surface area contributed by atoms with Crippen LogP contribution in [0.3, 0.4) is 0 Å². The summed E-state index contributed by atoms with van der Waals surface area (Å²) in [6.07, 6.45) is 9.61. The van der Waals surface area contributed by atoms with Crippen molar-refractivity contribution in [2.45, 2.75) is 59.3 Å². The first-order valence-corrected chi connectivity index (χ1v) is 9.59. The quantitative estimate of drug-likeness (QED) is 0.613. The van der Waals surface area contributed by atoms with E-state index in [0.29, 0.717) is 29.5 Å². The Bertz CT molecular complexity index is 686. The summed E-state index contributed by atoms with van der Waals surface area (Å²) < 4.78 is 0. The Balaban J connectivity index is 1.93. The topological polar surface area (TPSA) is 46.2 Å². The third-order valence-corrected chi connectivity index (χ3v) is 7.57. The van der Waals surface area contributed by atoms with Crippen LogP contribution in [0.4, 0.5) is 0 Å². The van der Waals surface area contributed by atoms with Gasteiger partial charge in [0.1, 0.15) is 0 Å². The van der Waals surface area contributed by atoms with E-state index in [1.165, 1.54) is 30.9 Å². The van der Waals surface area contributed by atoms with Crippen LogP contribution >= 0.6 is 0 Å². The Morgan fingerprint density at radius 1 is 1.20 bits per heavy atom. The van der Waals surface area contributed by atoms with Gasteiger partial charge in [-0.1, -0.05) is 32.9 Å². The van der Waals surface area contributed by atoms with Gasteiger partial charge < -0.3 is 5.32 Å². The maximum absolute atomic E-state index is 12.6. The Hall–Kier alpha value is -1.64. The number of carbonyl (C=O) groups is 2. The predicted molar refractivity (Wildman–Crippen MR) is 101 cm³/mol. The second-order valence-electron chi connectivity index (χ2n) is 8.79. The van der Waals surface area contributed by atoms with E-state index in [9.17, 15) is 9.59 Å². The van der Waals surface area contributed by atoms with Crippen LogP contribution in [0.5, 0.6) is 0 Å². The van der Waals surface area contributed by atoms with Crippen molar-refractivity contribution in [2.24, 2.45) is 22.7 Å². The first-order chi connectivity index (χ1) is 11.7. The van der Waals surface area contributed by atoms with Crippen LogP contribution in [0.2, 0.25) is 0 Å². The van der Waals surface area contributed by atoms with Gasteiger partial charge >= 0.3 is 0 Å². The average molecular weight is 341 g/mol. The fraction of sp³-hybridized carbons (Fsp3) is 0.636. The van der Waals surface area contributed by atoms with Crippen LogP contribution in [0.15, 0.2) is 35.6 Å². The third-order valence-electron chi connectivity index (χ3n) is 7.57. The number of ketones is 2. The first-order valence-electron chi connectivity index (χ1n) is 9.59. The second-order valence-corrected chi connectivity index (χ2v) is 8.79. The van der Waals surface area contributed by atoms with Crippen LogP contribution < -0.4 is 5.32 Å². The molecule has 0 bridgehead atoms. The summed E-state index contributed by atoms with van der Waals surface area (Å²) in [5.41, 5.74) is 2.67. The molecule has 3 aliphatic carbocycles. The molecule has 0 unspecified atom stereocenters. The fourth-order valence-corrected chi connectivity index (χ4v) is 5.61. The molecule has 0 saturated heterocycles. The molecule has 0 aromatic rings. The van der Waals surface area contributed by atoms with Crippen molar-refractivity contribution >= 4 is 11.6 Å². The minimum Gasteiger partial charge on any atom is -0.385 e. The molecule has 3 rings (SSSR count). The molecule has 3 heteroatoms. The monoisotopic (exact) mass is 341 g/mol. The van der Waals surface area contributed by atoms with Crippen molar-refractivity contribution in [1.29, 1.82) is 0 Å². The molecule has 2 saturated carbocycles. The molecule has 136 valence electrons. The summed E-state index contributed by atoms with van der Waals surface area (Å²) in [6, 6.07) is 0. The van der Waals surface area contributed by atoms with E-state index in [0.717, 1.165) is 12.8 Å². The first kappa shape index (κ1) is 18.2. The Morgan fingerprint density at radius 3 is 2.60 bits per heavy atom. The highest BCUT2D eigenvalue weighted by molar-refractivity contribution is 6.19. The van der Waals surface area contributed by atoms with E-state index in [-0.39, 0.29) is 22.4 Å². The molecular weight excluding hydrogens is 310 g/mol. The van der Waals surface area contributed by atoms with Gasteiger partial charge in [0.15, 0.2) is 5.78 Å². The normalized spacial score (nSPS) is 38.8. The zero-order valence-corrected chi connectivity index (χ0v) is 16.1. The average Bonchev–Trinajstić information content (AvgIpc) is 2.57. The number of nitrogens with one attached hydrogen (secondary N) is 1. The summed E-state index contributed by atoms with van der Waals surface area (Å²) in [7, 11) is 1.68. The van der Waals surface area contributed by atoms with E-state index in [4.69, 9.17) is 0 Å². The number of carbonyl (C=O) groups excluding carboxylic acids is 2. The lowest BCUT2D eigenvalue weighted by Crippen LogP contribution is -2.50. The van der Waals surface area contributed by atoms with Crippen molar-refractivity contribution in [3.05, 3.63) is 35.6 Å². The highest BCUT2D eigenvalue weighted by Crippen LogP contribution is 2.63. The van der Waals surface area contributed by atoms with Gasteiger partial charge in [-0.15, -0.1) is 0 Å². The van der Waals surface area contributed by atoms with Crippen molar-refractivity contribution in [3.8, 4) is 0 Å². The number of hydrogen-bond donors (Lipinski definition) is 1. The van der Waals surface area contributed by atoms with E-state index in [1.807, 2.05) is 0 Å². The highest BCUT2D eigenvalue weighted by Gasteiger charge is 2.54. The zero-order valence-electron chi connectivity index (χ0n) is 16.1. The van der Waals surface area contributed by atoms with Crippen molar-refractivity contribution in [2.75, 3.05) is 7.05 Å².